The molecule has 2 unspecified atom stereocenters. The van der Waals surface area contributed by atoms with E-state index >= 15 is 0 Å². The summed E-state index contributed by atoms with van der Waals surface area (Å²) < 4.78 is 16.6. The molecule has 1 heterocycles. The van der Waals surface area contributed by atoms with Crippen LogP contribution >= 0.6 is 0 Å². The second-order valence-corrected chi connectivity index (χ2v) is 4.20. The smallest absolute Gasteiger partial charge is 0.161 e. The number of benzene rings is 1. The van der Waals surface area contributed by atoms with Gasteiger partial charge in [0.05, 0.1) is 6.10 Å². The van der Waals surface area contributed by atoms with Crippen molar-refractivity contribution in [3.05, 3.63) is 24.3 Å². The summed E-state index contributed by atoms with van der Waals surface area (Å²) in [6, 6.07) is 7.75. The van der Waals surface area contributed by atoms with E-state index < -0.39 is 0 Å². The molecule has 1 aromatic rings. The predicted octanol–water partition coefficient (Wildman–Crippen LogP) is 1.45. The van der Waals surface area contributed by atoms with Crippen molar-refractivity contribution in [3.63, 3.8) is 0 Å². The predicted molar refractivity (Wildman–Crippen MR) is 65.7 cm³/mol. The second kappa shape index (κ2) is 5.89. The van der Waals surface area contributed by atoms with Crippen molar-refractivity contribution in [2.75, 3.05) is 26.8 Å². The largest absolute Gasteiger partial charge is 0.486 e. The Hall–Kier alpha value is -1.26. The number of fused-ring (bicyclic) bond motifs is 1. The van der Waals surface area contributed by atoms with Crippen molar-refractivity contribution in [2.24, 2.45) is 0 Å². The lowest BCUT2D eigenvalue weighted by Crippen LogP contribution is -2.40. The van der Waals surface area contributed by atoms with Crippen LogP contribution in [0.2, 0.25) is 0 Å². The molecule has 17 heavy (non-hydrogen) atoms. The summed E-state index contributed by atoms with van der Waals surface area (Å²) in [4.78, 5) is 0. The Labute approximate surface area is 102 Å². The van der Waals surface area contributed by atoms with Gasteiger partial charge in [0.15, 0.2) is 11.5 Å². The summed E-state index contributed by atoms with van der Waals surface area (Å²) in [6.45, 7) is 4.20. The highest BCUT2D eigenvalue weighted by molar-refractivity contribution is 5.40. The van der Waals surface area contributed by atoms with Crippen molar-refractivity contribution < 1.29 is 14.2 Å². The lowest BCUT2D eigenvalue weighted by atomic mass is 10.2. The summed E-state index contributed by atoms with van der Waals surface area (Å²) >= 11 is 0. The summed E-state index contributed by atoms with van der Waals surface area (Å²) in [7, 11) is 1.71. The average molecular weight is 237 g/mol. The van der Waals surface area contributed by atoms with Gasteiger partial charge in [-0.25, -0.2) is 0 Å². The van der Waals surface area contributed by atoms with Crippen molar-refractivity contribution in [1.29, 1.82) is 0 Å². The normalized spacial score (nSPS) is 20.0. The van der Waals surface area contributed by atoms with Crippen molar-refractivity contribution in [3.8, 4) is 11.5 Å². The highest BCUT2D eigenvalue weighted by Gasteiger charge is 2.20. The van der Waals surface area contributed by atoms with E-state index in [1.807, 2.05) is 31.2 Å². The molecule has 1 aromatic carbocycles. The molecule has 0 spiro atoms. The fourth-order valence-electron chi connectivity index (χ4n) is 1.69. The van der Waals surface area contributed by atoms with Gasteiger partial charge < -0.3 is 19.5 Å². The Morgan fingerprint density at radius 3 is 2.94 bits per heavy atom. The molecule has 4 heteroatoms. The van der Waals surface area contributed by atoms with Gasteiger partial charge in [0.25, 0.3) is 0 Å². The summed E-state index contributed by atoms with van der Waals surface area (Å²) in [5, 5.41) is 3.31. The number of ether oxygens (including phenoxy) is 3. The van der Waals surface area contributed by atoms with E-state index in [1.54, 1.807) is 7.11 Å². The van der Waals surface area contributed by atoms with Crippen LogP contribution < -0.4 is 14.8 Å². The van der Waals surface area contributed by atoms with Crippen LogP contribution in [0.3, 0.4) is 0 Å². The van der Waals surface area contributed by atoms with Gasteiger partial charge in [-0.1, -0.05) is 12.1 Å². The quantitative estimate of drug-likeness (QED) is 0.841. The third-order valence-electron chi connectivity index (χ3n) is 2.77. The molecule has 0 fully saturated rings. The van der Waals surface area contributed by atoms with Crippen LogP contribution in [0.25, 0.3) is 0 Å². The maximum atomic E-state index is 5.82. The van der Waals surface area contributed by atoms with Gasteiger partial charge in [-0.05, 0) is 19.1 Å². The summed E-state index contributed by atoms with van der Waals surface area (Å²) in [5.74, 6) is 1.65. The second-order valence-electron chi connectivity index (χ2n) is 4.20. The van der Waals surface area contributed by atoms with Gasteiger partial charge in [0.1, 0.15) is 12.7 Å². The van der Waals surface area contributed by atoms with Crippen molar-refractivity contribution >= 4 is 0 Å². The minimum atomic E-state index is 0.0638. The van der Waals surface area contributed by atoms with Gasteiger partial charge in [-0.2, -0.15) is 0 Å². The molecule has 94 valence electrons. The topological polar surface area (TPSA) is 39.7 Å². The van der Waals surface area contributed by atoms with E-state index in [9.17, 15) is 0 Å². The SMILES string of the molecule is COC(C)CNCC1COc2ccccc2O1. The van der Waals surface area contributed by atoms with Crippen LogP contribution in [-0.4, -0.2) is 39.0 Å². The van der Waals surface area contributed by atoms with Gasteiger partial charge in [0.2, 0.25) is 0 Å². The Morgan fingerprint density at radius 1 is 1.41 bits per heavy atom. The van der Waals surface area contributed by atoms with E-state index in [0.29, 0.717) is 6.61 Å². The van der Waals surface area contributed by atoms with Crippen molar-refractivity contribution in [1.82, 2.24) is 5.32 Å². The fourth-order valence-corrected chi connectivity index (χ4v) is 1.69. The Bertz CT molecular complexity index is 356. The molecule has 0 aromatic heterocycles. The maximum Gasteiger partial charge on any atom is 0.161 e. The Kier molecular flexibility index (Phi) is 4.23. The van der Waals surface area contributed by atoms with E-state index in [-0.39, 0.29) is 12.2 Å². The highest BCUT2D eigenvalue weighted by Crippen LogP contribution is 2.30. The van der Waals surface area contributed by atoms with Crippen molar-refractivity contribution in [2.45, 2.75) is 19.1 Å². The zero-order valence-electron chi connectivity index (χ0n) is 10.3. The summed E-state index contributed by atoms with van der Waals surface area (Å²) in [5.41, 5.74) is 0. The minimum Gasteiger partial charge on any atom is -0.486 e. The average Bonchev–Trinajstić information content (AvgIpc) is 2.38. The van der Waals surface area contributed by atoms with Crippen LogP contribution in [0.4, 0.5) is 0 Å². The standard InChI is InChI=1S/C13H19NO3/c1-10(15-2)7-14-8-11-9-16-12-5-3-4-6-13(12)17-11/h3-6,10-11,14H,7-9H2,1-2H3. The molecule has 2 atom stereocenters. The molecule has 0 saturated carbocycles. The fraction of sp³-hybridized carbons (Fsp3) is 0.538. The van der Waals surface area contributed by atoms with Crippen LogP contribution in [0, 0.1) is 0 Å². The van der Waals surface area contributed by atoms with E-state index in [4.69, 9.17) is 14.2 Å². The first-order chi connectivity index (χ1) is 8.29. The molecule has 1 N–H and O–H groups in total. The first kappa shape index (κ1) is 12.2. The third-order valence-corrected chi connectivity index (χ3v) is 2.77. The van der Waals surface area contributed by atoms with E-state index in [2.05, 4.69) is 5.32 Å². The van der Waals surface area contributed by atoms with Gasteiger partial charge in [-0.3, -0.25) is 0 Å². The minimum absolute atomic E-state index is 0.0638. The number of nitrogens with one attached hydrogen (secondary N) is 1. The van der Waals surface area contributed by atoms with E-state index in [0.717, 1.165) is 24.6 Å². The van der Waals surface area contributed by atoms with Gasteiger partial charge in [0, 0.05) is 20.2 Å². The monoisotopic (exact) mass is 237 g/mol. The first-order valence-corrected chi connectivity index (χ1v) is 5.91. The zero-order chi connectivity index (χ0) is 12.1. The molecule has 0 aliphatic carbocycles. The Balaban J connectivity index is 1.78. The van der Waals surface area contributed by atoms with Crippen LogP contribution in [0.15, 0.2) is 24.3 Å². The summed E-state index contributed by atoms with van der Waals surface area (Å²) in [6.07, 6.45) is 0.278. The van der Waals surface area contributed by atoms with Crippen LogP contribution in [0.1, 0.15) is 6.92 Å². The molecule has 1 aliphatic heterocycles. The van der Waals surface area contributed by atoms with Crippen LogP contribution in [-0.2, 0) is 4.74 Å². The molecular weight excluding hydrogens is 218 g/mol. The lowest BCUT2D eigenvalue weighted by molar-refractivity contribution is 0.0806. The number of para-hydroxylation sites is 2. The lowest BCUT2D eigenvalue weighted by Gasteiger charge is -2.26. The van der Waals surface area contributed by atoms with Crippen LogP contribution in [0.5, 0.6) is 11.5 Å². The number of rotatable bonds is 5. The molecule has 0 bridgehead atoms. The molecule has 1 aliphatic rings. The maximum absolute atomic E-state index is 5.82. The number of hydrogen-bond donors (Lipinski definition) is 1. The number of hydrogen-bond acceptors (Lipinski definition) is 4. The third kappa shape index (κ3) is 3.35. The molecule has 0 radical (unpaired) electrons. The van der Waals surface area contributed by atoms with Gasteiger partial charge >= 0.3 is 0 Å². The zero-order valence-corrected chi connectivity index (χ0v) is 10.3. The highest BCUT2D eigenvalue weighted by atomic mass is 16.6. The molecule has 4 nitrogen and oxygen atoms in total. The molecule has 2 rings (SSSR count). The van der Waals surface area contributed by atoms with Gasteiger partial charge in [-0.15, -0.1) is 0 Å². The number of methoxy groups -OCH3 is 1. The molecule has 0 amide bonds. The Morgan fingerprint density at radius 2 is 2.18 bits per heavy atom. The first-order valence-electron chi connectivity index (χ1n) is 5.91. The molecule has 0 saturated heterocycles. The molecular formula is C13H19NO3. The van der Waals surface area contributed by atoms with E-state index in [1.165, 1.54) is 0 Å².